The highest BCUT2D eigenvalue weighted by atomic mass is 79.9. The molecule has 0 aliphatic carbocycles. The average Bonchev–Trinajstić information content (AvgIpc) is 3.02. The summed E-state index contributed by atoms with van der Waals surface area (Å²) in [6.45, 7) is 0. The molecular formula is C23H12Br2FNO3. The quantitative estimate of drug-likeness (QED) is 0.311. The van der Waals surface area contributed by atoms with Gasteiger partial charge in [-0.3, -0.25) is 14.5 Å². The van der Waals surface area contributed by atoms with Crippen molar-refractivity contribution < 1.29 is 13.6 Å². The first kappa shape index (κ1) is 19.2. The number of carbonyl (C=O) groups excluding carboxylic acids is 1. The smallest absolute Gasteiger partial charge is 0.295 e. The monoisotopic (exact) mass is 527 g/mol. The minimum Gasteiger partial charge on any atom is -0.450 e. The van der Waals surface area contributed by atoms with Crippen LogP contribution in [0.15, 0.2) is 84.9 Å². The van der Waals surface area contributed by atoms with Gasteiger partial charge >= 0.3 is 0 Å². The first-order valence-electron chi connectivity index (χ1n) is 9.05. The van der Waals surface area contributed by atoms with Crippen LogP contribution in [0.2, 0.25) is 0 Å². The lowest BCUT2D eigenvalue weighted by Gasteiger charge is -2.25. The SMILES string of the molecule is O=C1c2oc3ccc(Br)cc3c(=O)c2C(c2ccccc2F)N1c1ccc(Br)cc1. The third-order valence-corrected chi connectivity index (χ3v) is 6.16. The minimum absolute atomic E-state index is 0.0639. The van der Waals surface area contributed by atoms with Crippen LogP contribution in [-0.4, -0.2) is 5.91 Å². The number of hydrogen-bond donors (Lipinski definition) is 0. The van der Waals surface area contributed by atoms with Crippen LogP contribution < -0.4 is 10.3 Å². The number of anilines is 1. The minimum atomic E-state index is -0.936. The summed E-state index contributed by atoms with van der Waals surface area (Å²) in [6.07, 6.45) is 0. The fraction of sp³-hybridized carbons (Fsp3) is 0.0435. The Morgan fingerprint density at radius 1 is 0.900 bits per heavy atom. The van der Waals surface area contributed by atoms with E-state index in [-0.39, 0.29) is 22.3 Å². The molecule has 0 spiro atoms. The first-order chi connectivity index (χ1) is 14.5. The molecule has 3 aromatic carbocycles. The van der Waals surface area contributed by atoms with Gasteiger partial charge in [0.2, 0.25) is 5.76 Å². The molecule has 1 aliphatic heterocycles. The van der Waals surface area contributed by atoms with Gasteiger partial charge in [-0.1, -0.05) is 50.1 Å². The van der Waals surface area contributed by atoms with Crippen LogP contribution >= 0.6 is 31.9 Å². The predicted molar refractivity (Wildman–Crippen MR) is 119 cm³/mol. The Morgan fingerprint density at radius 2 is 1.60 bits per heavy atom. The van der Waals surface area contributed by atoms with Crippen molar-refractivity contribution >= 4 is 54.4 Å². The van der Waals surface area contributed by atoms with Crippen LogP contribution in [0.4, 0.5) is 10.1 Å². The Morgan fingerprint density at radius 3 is 2.33 bits per heavy atom. The summed E-state index contributed by atoms with van der Waals surface area (Å²) in [5.74, 6) is -1.05. The van der Waals surface area contributed by atoms with Crippen molar-refractivity contribution in [1.29, 1.82) is 0 Å². The number of benzene rings is 3. The van der Waals surface area contributed by atoms with E-state index in [4.69, 9.17) is 4.42 Å². The maximum atomic E-state index is 14.8. The van der Waals surface area contributed by atoms with E-state index < -0.39 is 17.8 Å². The van der Waals surface area contributed by atoms with Crippen molar-refractivity contribution in [1.82, 2.24) is 0 Å². The van der Waals surface area contributed by atoms with Gasteiger partial charge in [0.1, 0.15) is 11.4 Å². The summed E-state index contributed by atoms with van der Waals surface area (Å²) in [7, 11) is 0. The second-order valence-corrected chi connectivity index (χ2v) is 8.72. The van der Waals surface area contributed by atoms with Gasteiger partial charge in [-0.15, -0.1) is 0 Å². The number of rotatable bonds is 2. The highest BCUT2D eigenvalue weighted by Gasteiger charge is 2.44. The molecule has 1 amide bonds. The predicted octanol–water partition coefficient (Wildman–Crippen LogP) is 6.21. The molecule has 0 saturated heterocycles. The molecule has 1 atom stereocenters. The summed E-state index contributed by atoms with van der Waals surface area (Å²) < 4.78 is 22.3. The molecule has 2 heterocycles. The maximum Gasteiger partial charge on any atom is 0.295 e. The number of fused-ring (bicyclic) bond motifs is 2. The third kappa shape index (κ3) is 2.92. The van der Waals surface area contributed by atoms with Crippen molar-refractivity contribution in [3.8, 4) is 0 Å². The van der Waals surface area contributed by atoms with Crippen LogP contribution in [0, 0.1) is 5.82 Å². The second-order valence-electron chi connectivity index (χ2n) is 6.89. The van der Waals surface area contributed by atoms with Crippen LogP contribution in [-0.2, 0) is 0 Å². The molecule has 0 N–H and O–H groups in total. The lowest BCUT2D eigenvalue weighted by atomic mass is 9.98. The normalized spacial score (nSPS) is 15.6. The van der Waals surface area contributed by atoms with Crippen molar-refractivity contribution in [3.05, 3.63) is 109 Å². The van der Waals surface area contributed by atoms with Gasteiger partial charge in [0.05, 0.1) is 17.0 Å². The molecule has 30 heavy (non-hydrogen) atoms. The molecule has 148 valence electrons. The molecule has 5 rings (SSSR count). The Balaban J connectivity index is 1.84. The van der Waals surface area contributed by atoms with E-state index in [1.54, 1.807) is 60.7 Å². The summed E-state index contributed by atoms with van der Waals surface area (Å²) in [4.78, 5) is 28.3. The Hall–Kier alpha value is -2.77. The van der Waals surface area contributed by atoms with E-state index in [0.29, 0.717) is 21.1 Å². The average molecular weight is 529 g/mol. The van der Waals surface area contributed by atoms with E-state index in [1.807, 2.05) is 0 Å². The van der Waals surface area contributed by atoms with E-state index in [2.05, 4.69) is 31.9 Å². The van der Waals surface area contributed by atoms with Gasteiger partial charge in [0, 0.05) is 20.2 Å². The lowest BCUT2D eigenvalue weighted by molar-refractivity contribution is 0.0971. The van der Waals surface area contributed by atoms with E-state index in [1.165, 1.54) is 11.0 Å². The van der Waals surface area contributed by atoms with Gasteiger partial charge < -0.3 is 4.42 Å². The van der Waals surface area contributed by atoms with Crippen LogP contribution in [0.1, 0.15) is 27.7 Å². The third-order valence-electron chi connectivity index (χ3n) is 5.14. The van der Waals surface area contributed by atoms with E-state index in [0.717, 1.165) is 4.47 Å². The first-order valence-corrected chi connectivity index (χ1v) is 10.6. The van der Waals surface area contributed by atoms with E-state index >= 15 is 0 Å². The Kier molecular flexibility index (Phi) is 4.60. The Bertz CT molecular complexity index is 1380. The van der Waals surface area contributed by atoms with Crippen molar-refractivity contribution in [2.45, 2.75) is 6.04 Å². The number of hydrogen-bond acceptors (Lipinski definition) is 3. The number of amides is 1. The fourth-order valence-electron chi connectivity index (χ4n) is 3.80. The van der Waals surface area contributed by atoms with Crippen molar-refractivity contribution in [3.63, 3.8) is 0 Å². The van der Waals surface area contributed by atoms with Crippen molar-refractivity contribution in [2.24, 2.45) is 0 Å². The maximum absolute atomic E-state index is 14.8. The number of carbonyl (C=O) groups is 1. The molecule has 0 fully saturated rings. The standard InChI is InChI=1S/C23H12Br2FNO3/c24-12-5-8-14(9-6-12)27-20(15-3-1-2-4-17(15)26)19-21(28)16-11-13(25)7-10-18(16)30-22(19)23(27)29/h1-11,20H. The fourth-order valence-corrected chi connectivity index (χ4v) is 4.43. The van der Waals surface area contributed by atoms with Crippen LogP contribution in [0.3, 0.4) is 0 Å². The zero-order valence-electron chi connectivity index (χ0n) is 15.2. The number of nitrogens with zero attached hydrogens (tertiary/aromatic N) is 1. The van der Waals surface area contributed by atoms with Gasteiger partial charge in [-0.25, -0.2) is 4.39 Å². The summed E-state index contributed by atoms with van der Waals surface area (Å²) >= 11 is 6.74. The second kappa shape index (κ2) is 7.18. The van der Waals surface area contributed by atoms with Gasteiger partial charge in [0.15, 0.2) is 5.43 Å². The van der Waals surface area contributed by atoms with Gasteiger partial charge in [0.25, 0.3) is 5.91 Å². The highest BCUT2D eigenvalue weighted by molar-refractivity contribution is 9.10. The highest BCUT2D eigenvalue weighted by Crippen LogP contribution is 2.42. The van der Waals surface area contributed by atoms with Crippen LogP contribution in [0.5, 0.6) is 0 Å². The van der Waals surface area contributed by atoms with Crippen molar-refractivity contribution in [2.75, 3.05) is 4.90 Å². The molecule has 1 aromatic heterocycles. The summed E-state index contributed by atoms with van der Waals surface area (Å²) in [6, 6.07) is 17.3. The molecular weight excluding hydrogens is 517 g/mol. The number of halogens is 3. The topological polar surface area (TPSA) is 50.5 Å². The van der Waals surface area contributed by atoms with Crippen LogP contribution in [0.25, 0.3) is 11.0 Å². The van der Waals surface area contributed by atoms with E-state index in [9.17, 15) is 14.0 Å². The molecule has 4 nitrogen and oxygen atoms in total. The summed E-state index contributed by atoms with van der Waals surface area (Å²) in [5, 5.41) is 0.329. The summed E-state index contributed by atoms with van der Waals surface area (Å²) in [5.41, 5.74) is 0.856. The molecule has 4 aromatic rings. The van der Waals surface area contributed by atoms with Gasteiger partial charge in [-0.05, 0) is 48.5 Å². The molecule has 0 bridgehead atoms. The molecule has 0 saturated carbocycles. The molecule has 1 unspecified atom stereocenters. The lowest BCUT2D eigenvalue weighted by Crippen LogP contribution is -2.30. The zero-order chi connectivity index (χ0) is 21.0. The molecule has 1 aliphatic rings. The largest absolute Gasteiger partial charge is 0.450 e. The Labute approximate surface area is 187 Å². The zero-order valence-corrected chi connectivity index (χ0v) is 18.4. The molecule has 0 radical (unpaired) electrons. The molecule has 7 heteroatoms. The van der Waals surface area contributed by atoms with Gasteiger partial charge in [-0.2, -0.15) is 0 Å².